The standard InChI is InChI=1S/C12H12Cl2N2O3/c1-6(12(18)19)7-4-16(5-7)11(17)8-2-3-9(13)15-10(8)14/h2-3,6-7H,4-5H2,1H3,(H,18,19). The van der Waals surface area contributed by atoms with Crippen molar-refractivity contribution in [3.05, 3.63) is 28.0 Å². The molecule has 0 aromatic carbocycles. The Labute approximate surface area is 120 Å². The first-order chi connectivity index (χ1) is 8.90. The lowest BCUT2D eigenvalue weighted by atomic mass is 9.87. The summed E-state index contributed by atoms with van der Waals surface area (Å²) in [5.41, 5.74) is 0.285. The van der Waals surface area contributed by atoms with Crippen molar-refractivity contribution in [2.24, 2.45) is 11.8 Å². The molecule has 1 aromatic heterocycles. The van der Waals surface area contributed by atoms with E-state index in [1.54, 1.807) is 11.8 Å². The summed E-state index contributed by atoms with van der Waals surface area (Å²) in [5, 5.41) is 9.17. The molecule has 1 aromatic rings. The maximum absolute atomic E-state index is 12.1. The molecule has 0 radical (unpaired) electrons. The van der Waals surface area contributed by atoms with E-state index in [0.717, 1.165) is 0 Å². The minimum atomic E-state index is -0.844. The molecule has 19 heavy (non-hydrogen) atoms. The minimum absolute atomic E-state index is 0.0134. The Kier molecular flexibility index (Phi) is 3.96. The van der Waals surface area contributed by atoms with Crippen LogP contribution in [0.1, 0.15) is 17.3 Å². The van der Waals surface area contributed by atoms with E-state index in [9.17, 15) is 9.59 Å². The number of nitrogens with zero attached hydrogens (tertiary/aromatic N) is 2. The zero-order valence-electron chi connectivity index (χ0n) is 10.1. The lowest BCUT2D eigenvalue weighted by Gasteiger charge is -2.41. The van der Waals surface area contributed by atoms with Crippen molar-refractivity contribution < 1.29 is 14.7 Å². The molecule has 1 saturated heterocycles. The summed E-state index contributed by atoms with van der Waals surface area (Å²) in [4.78, 5) is 28.3. The number of aromatic nitrogens is 1. The quantitative estimate of drug-likeness (QED) is 0.869. The largest absolute Gasteiger partial charge is 0.481 e. The molecule has 2 rings (SSSR count). The second kappa shape index (κ2) is 5.35. The molecule has 1 N–H and O–H groups in total. The molecule has 102 valence electrons. The fraction of sp³-hybridized carbons (Fsp3) is 0.417. The number of carbonyl (C=O) groups excluding carboxylic acids is 1. The highest BCUT2D eigenvalue weighted by Gasteiger charge is 2.37. The smallest absolute Gasteiger partial charge is 0.306 e. The van der Waals surface area contributed by atoms with Crippen LogP contribution in [0.5, 0.6) is 0 Å². The van der Waals surface area contributed by atoms with Crippen molar-refractivity contribution in [3.63, 3.8) is 0 Å². The molecule has 1 fully saturated rings. The molecule has 0 saturated carbocycles. The fourth-order valence-corrected chi connectivity index (χ4v) is 2.36. The van der Waals surface area contributed by atoms with Gasteiger partial charge in [0.05, 0.1) is 11.5 Å². The topological polar surface area (TPSA) is 70.5 Å². The summed E-state index contributed by atoms with van der Waals surface area (Å²) in [7, 11) is 0. The van der Waals surface area contributed by atoms with Gasteiger partial charge >= 0.3 is 5.97 Å². The maximum Gasteiger partial charge on any atom is 0.306 e. The Morgan fingerprint density at radius 3 is 2.58 bits per heavy atom. The first kappa shape index (κ1) is 14.1. The molecule has 0 spiro atoms. The third-order valence-electron chi connectivity index (χ3n) is 3.34. The molecule has 1 unspecified atom stereocenters. The van der Waals surface area contributed by atoms with Crippen molar-refractivity contribution in [3.8, 4) is 0 Å². The van der Waals surface area contributed by atoms with Crippen LogP contribution in [0, 0.1) is 11.8 Å². The first-order valence-corrected chi connectivity index (χ1v) is 6.50. The lowest BCUT2D eigenvalue weighted by molar-refractivity contribution is -0.144. The zero-order chi connectivity index (χ0) is 14.2. The van der Waals surface area contributed by atoms with E-state index in [1.165, 1.54) is 12.1 Å². The van der Waals surface area contributed by atoms with Crippen molar-refractivity contribution >= 4 is 35.1 Å². The molecular weight excluding hydrogens is 291 g/mol. The van der Waals surface area contributed by atoms with Crippen LogP contribution >= 0.6 is 23.2 Å². The number of carbonyl (C=O) groups is 2. The SMILES string of the molecule is CC(C(=O)O)C1CN(C(=O)c2ccc(Cl)nc2Cl)C1. The number of hydrogen-bond acceptors (Lipinski definition) is 3. The lowest BCUT2D eigenvalue weighted by Crippen LogP contribution is -2.53. The van der Waals surface area contributed by atoms with E-state index in [0.29, 0.717) is 13.1 Å². The van der Waals surface area contributed by atoms with Crippen LogP contribution < -0.4 is 0 Å². The van der Waals surface area contributed by atoms with Crippen LogP contribution in [0.3, 0.4) is 0 Å². The highest BCUT2D eigenvalue weighted by atomic mass is 35.5. The second-order valence-electron chi connectivity index (χ2n) is 4.57. The van der Waals surface area contributed by atoms with Gasteiger partial charge in [-0.2, -0.15) is 0 Å². The van der Waals surface area contributed by atoms with E-state index < -0.39 is 11.9 Å². The van der Waals surface area contributed by atoms with Crippen molar-refractivity contribution in [2.75, 3.05) is 13.1 Å². The van der Waals surface area contributed by atoms with Crippen LogP contribution in [0.4, 0.5) is 0 Å². The van der Waals surface area contributed by atoms with E-state index in [-0.39, 0.29) is 27.7 Å². The number of aliphatic carboxylic acids is 1. The number of likely N-dealkylation sites (tertiary alicyclic amines) is 1. The Morgan fingerprint density at radius 1 is 1.42 bits per heavy atom. The van der Waals surface area contributed by atoms with Crippen molar-refractivity contribution in [2.45, 2.75) is 6.92 Å². The molecule has 5 nitrogen and oxygen atoms in total. The van der Waals surface area contributed by atoms with Crippen molar-refractivity contribution in [1.82, 2.24) is 9.88 Å². The Morgan fingerprint density at radius 2 is 2.05 bits per heavy atom. The molecule has 1 aliphatic heterocycles. The van der Waals surface area contributed by atoms with Crippen LogP contribution in [0.2, 0.25) is 10.3 Å². The number of carboxylic acid groups (broad SMARTS) is 1. The van der Waals surface area contributed by atoms with E-state index in [4.69, 9.17) is 28.3 Å². The molecule has 1 amide bonds. The Bertz CT molecular complexity index is 530. The fourth-order valence-electron chi connectivity index (χ4n) is 1.94. The predicted octanol–water partition coefficient (Wildman–Crippen LogP) is 2.18. The number of amides is 1. The van der Waals surface area contributed by atoms with Crippen LogP contribution in [0.15, 0.2) is 12.1 Å². The van der Waals surface area contributed by atoms with Gasteiger partial charge in [0, 0.05) is 19.0 Å². The maximum atomic E-state index is 12.1. The number of rotatable bonds is 3. The summed E-state index contributed by atoms with van der Waals surface area (Å²) in [6.45, 7) is 2.49. The summed E-state index contributed by atoms with van der Waals surface area (Å²) in [6, 6.07) is 3.02. The average molecular weight is 303 g/mol. The van der Waals surface area contributed by atoms with Crippen LogP contribution in [-0.4, -0.2) is 40.0 Å². The van der Waals surface area contributed by atoms with E-state index >= 15 is 0 Å². The summed E-state index contributed by atoms with van der Waals surface area (Å²) in [5.74, 6) is -1.56. The van der Waals surface area contributed by atoms with Gasteiger partial charge in [-0.3, -0.25) is 9.59 Å². The third-order valence-corrected chi connectivity index (χ3v) is 3.84. The molecular formula is C12H12Cl2N2O3. The molecule has 2 heterocycles. The first-order valence-electron chi connectivity index (χ1n) is 5.74. The summed E-state index contributed by atoms with van der Waals surface area (Å²) < 4.78 is 0. The summed E-state index contributed by atoms with van der Waals surface area (Å²) >= 11 is 11.5. The molecule has 1 atom stereocenters. The third kappa shape index (κ3) is 2.82. The Balaban J connectivity index is 2.02. The second-order valence-corrected chi connectivity index (χ2v) is 5.31. The van der Waals surface area contributed by atoms with Gasteiger partial charge in [-0.05, 0) is 12.1 Å². The zero-order valence-corrected chi connectivity index (χ0v) is 11.6. The number of pyridine rings is 1. The molecule has 1 aliphatic rings. The van der Waals surface area contributed by atoms with Gasteiger partial charge < -0.3 is 10.0 Å². The van der Waals surface area contributed by atoms with Gasteiger partial charge in [0.15, 0.2) is 0 Å². The molecule has 0 aliphatic carbocycles. The van der Waals surface area contributed by atoms with Gasteiger partial charge in [-0.1, -0.05) is 30.1 Å². The molecule has 0 bridgehead atoms. The molecule has 7 heteroatoms. The highest BCUT2D eigenvalue weighted by molar-refractivity contribution is 6.34. The summed E-state index contributed by atoms with van der Waals surface area (Å²) in [6.07, 6.45) is 0. The highest BCUT2D eigenvalue weighted by Crippen LogP contribution is 2.27. The Hall–Kier alpha value is -1.33. The van der Waals surface area contributed by atoms with Crippen LogP contribution in [-0.2, 0) is 4.79 Å². The predicted molar refractivity (Wildman–Crippen MR) is 70.5 cm³/mol. The van der Waals surface area contributed by atoms with E-state index in [1.807, 2.05) is 0 Å². The van der Waals surface area contributed by atoms with Gasteiger partial charge in [-0.15, -0.1) is 0 Å². The van der Waals surface area contributed by atoms with Crippen LogP contribution in [0.25, 0.3) is 0 Å². The number of halogens is 2. The van der Waals surface area contributed by atoms with Gasteiger partial charge in [0.1, 0.15) is 10.3 Å². The van der Waals surface area contributed by atoms with Gasteiger partial charge in [0.2, 0.25) is 0 Å². The minimum Gasteiger partial charge on any atom is -0.481 e. The normalized spacial score (nSPS) is 16.9. The number of carboxylic acids is 1. The average Bonchev–Trinajstić information content (AvgIpc) is 2.26. The number of hydrogen-bond donors (Lipinski definition) is 1. The van der Waals surface area contributed by atoms with Crippen molar-refractivity contribution in [1.29, 1.82) is 0 Å². The monoisotopic (exact) mass is 302 g/mol. The van der Waals surface area contributed by atoms with E-state index in [2.05, 4.69) is 4.98 Å². The van der Waals surface area contributed by atoms with Gasteiger partial charge in [-0.25, -0.2) is 4.98 Å². The van der Waals surface area contributed by atoms with Gasteiger partial charge in [0.25, 0.3) is 5.91 Å².